The molecule has 0 amide bonds. The Labute approximate surface area is 183 Å². The number of anilines is 2. The van der Waals surface area contributed by atoms with Crippen molar-refractivity contribution in [2.45, 2.75) is 32.7 Å². The number of pyridine rings is 1. The molecule has 9 heteroatoms. The van der Waals surface area contributed by atoms with Crippen LogP contribution in [0.2, 0.25) is 0 Å². The first-order valence-corrected chi connectivity index (χ1v) is 10.7. The van der Waals surface area contributed by atoms with Gasteiger partial charge in [0, 0.05) is 29.5 Å². The zero-order chi connectivity index (χ0) is 22.5. The number of fused-ring (bicyclic) bond motifs is 1. The van der Waals surface area contributed by atoms with E-state index in [1.54, 1.807) is 6.92 Å². The molecule has 1 spiro atoms. The molecule has 2 aliphatic rings. The summed E-state index contributed by atoms with van der Waals surface area (Å²) in [5, 5.41) is 12.4. The molecule has 2 aromatic heterocycles. The van der Waals surface area contributed by atoms with Gasteiger partial charge >= 0.3 is 0 Å². The van der Waals surface area contributed by atoms with E-state index in [1.165, 1.54) is 12.1 Å². The van der Waals surface area contributed by atoms with E-state index < -0.39 is 23.8 Å². The normalized spacial score (nSPS) is 18.4. The number of aromatic nitrogens is 3. The van der Waals surface area contributed by atoms with Crippen molar-refractivity contribution in [1.82, 2.24) is 15.2 Å². The Morgan fingerprint density at radius 2 is 1.97 bits per heavy atom. The van der Waals surface area contributed by atoms with Crippen molar-refractivity contribution in [3.8, 4) is 0 Å². The lowest BCUT2D eigenvalue weighted by Crippen LogP contribution is -2.44. The zero-order valence-electron chi connectivity index (χ0n) is 17.9. The first-order valence-electron chi connectivity index (χ1n) is 10.7. The van der Waals surface area contributed by atoms with Crippen molar-refractivity contribution < 1.29 is 17.9 Å². The molecule has 0 bridgehead atoms. The van der Waals surface area contributed by atoms with Gasteiger partial charge in [-0.2, -0.15) is 5.10 Å². The van der Waals surface area contributed by atoms with Gasteiger partial charge in [-0.25, -0.2) is 13.2 Å². The molecule has 6 nitrogen and oxygen atoms in total. The smallest absolute Gasteiger partial charge is 0.266 e. The van der Waals surface area contributed by atoms with Gasteiger partial charge in [0.15, 0.2) is 5.82 Å². The number of hydrogen-bond acceptors (Lipinski definition) is 6. The lowest BCUT2D eigenvalue weighted by molar-refractivity contribution is -0.0985. The van der Waals surface area contributed by atoms with Crippen molar-refractivity contribution in [3.05, 3.63) is 53.1 Å². The molecule has 1 atom stereocenters. The SMILES string of the molecule is Cc1nnc(NC(C)c2cccc(C(F)F)c2F)c2cc(N3CCC4(COC4)C3)cnc12. The van der Waals surface area contributed by atoms with E-state index in [0.717, 1.165) is 49.9 Å². The second-order valence-electron chi connectivity index (χ2n) is 8.81. The van der Waals surface area contributed by atoms with E-state index in [-0.39, 0.29) is 11.0 Å². The van der Waals surface area contributed by atoms with Gasteiger partial charge in [-0.05, 0) is 26.3 Å². The molecule has 4 heterocycles. The summed E-state index contributed by atoms with van der Waals surface area (Å²) in [6, 6.07) is 5.45. The second-order valence-corrected chi connectivity index (χ2v) is 8.81. The Balaban J connectivity index is 1.47. The molecule has 168 valence electrons. The summed E-state index contributed by atoms with van der Waals surface area (Å²) in [6.07, 6.45) is 0.0495. The number of halogens is 3. The Kier molecular flexibility index (Phi) is 5.16. The summed E-state index contributed by atoms with van der Waals surface area (Å²) in [4.78, 5) is 6.92. The van der Waals surface area contributed by atoms with Gasteiger partial charge in [0.25, 0.3) is 6.43 Å². The number of benzene rings is 1. The molecule has 1 aromatic carbocycles. The Morgan fingerprint density at radius 1 is 1.19 bits per heavy atom. The summed E-state index contributed by atoms with van der Waals surface area (Å²) in [5.41, 5.74) is 2.14. The van der Waals surface area contributed by atoms with Crippen LogP contribution in [0.3, 0.4) is 0 Å². The van der Waals surface area contributed by atoms with Gasteiger partial charge in [0.05, 0.1) is 47.9 Å². The van der Waals surface area contributed by atoms with Gasteiger partial charge in [0.2, 0.25) is 0 Å². The summed E-state index contributed by atoms with van der Waals surface area (Å²) in [6.45, 7) is 6.98. The van der Waals surface area contributed by atoms with Crippen molar-refractivity contribution in [3.63, 3.8) is 0 Å². The van der Waals surface area contributed by atoms with E-state index >= 15 is 0 Å². The highest BCUT2D eigenvalue weighted by Crippen LogP contribution is 2.40. The van der Waals surface area contributed by atoms with E-state index in [9.17, 15) is 13.2 Å². The molecule has 1 N–H and O–H groups in total. The highest BCUT2D eigenvalue weighted by molar-refractivity contribution is 5.92. The lowest BCUT2D eigenvalue weighted by atomic mass is 9.85. The number of ether oxygens (including phenoxy) is 1. The van der Waals surface area contributed by atoms with E-state index in [2.05, 4.69) is 25.4 Å². The summed E-state index contributed by atoms with van der Waals surface area (Å²) in [7, 11) is 0. The first kappa shape index (κ1) is 20.9. The third-order valence-electron chi connectivity index (χ3n) is 6.50. The molecule has 1 unspecified atom stereocenters. The van der Waals surface area contributed by atoms with Crippen LogP contribution in [0.5, 0.6) is 0 Å². The molecule has 2 fully saturated rings. The Hall–Kier alpha value is -2.94. The quantitative estimate of drug-likeness (QED) is 0.611. The van der Waals surface area contributed by atoms with E-state index in [0.29, 0.717) is 17.0 Å². The van der Waals surface area contributed by atoms with Crippen LogP contribution in [0.15, 0.2) is 30.5 Å². The fourth-order valence-electron chi connectivity index (χ4n) is 4.56. The van der Waals surface area contributed by atoms with E-state index in [4.69, 9.17) is 4.74 Å². The molecular weight excluding hydrogens is 419 g/mol. The minimum Gasteiger partial charge on any atom is -0.380 e. The molecule has 3 aromatic rings. The summed E-state index contributed by atoms with van der Waals surface area (Å²) >= 11 is 0. The predicted octanol–water partition coefficient (Wildman–Crippen LogP) is 4.81. The van der Waals surface area contributed by atoms with Crippen LogP contribution in [0.25, 0.3) is 10.9 Å². The molecule has 0 saturated carbocycles. The standard InChI is InChI=1S/C23H24F3N5O/c1-13(16-4-3-5-17(19(16)24)21(25)26)28-22-18-8-15(9-27-20(18)14(2)29-30-22)31-7-6-23(10-31)11-32-12-23/h3-5,8-9,13,21H,6-7,10-12H2,1-2H3,(H,28,30). The zero-order valence-corrected chi connectivity index (χ0v) is 17.9. The largest absolute Gasteiger partial charge is 0.380 e. The number of hydrogen-bond donors (Lipinski definition) is 1. The van der Waals surface area contributed by atoms with Gasteiger partial charge < -0.3 is 15.0 Å². The Bertz CT molecular complexity index is 1170. The molecule has 2 saturated heterocycles. The number of alkyl halides is 2. The monoisotopic (exact) mass is 443 g/mol. The average molecular weight is 443 g/mol. The maximum Gasteiger partial charge on any atom is 0.266 e. The average Bonchev–Trinajstić information content (AvgIpc) is 3.22. The van der Waals surface area contributed by atoms with Gasteiger partial charge in [-0.15, -0.1) is 5.10 Å². The summed E-state index contributed by atoms with van der Waals surface area (Å²) in [5.74, 6) is -0.467. The number of nitrogens with zero attached hydrogens (tertiary/aromatic N) is 4. The van der Waals surface area contributed by atoms with E-state index in [1.807, 2.05) is 19.2 Å². The fourth-order valence-corrected chi connectivity index (χ4v) is 4.56. The summed E-state index contributed by atoms with van der Waals surface area (Å²) < 4.78 is 46.3. The maximum atomic E-state index is 14.6. The van der Waals surface area contributed by atoms with Crippen molar-refractivity contribution in [2.24, 2.45) is 5.41 Å². The topological polar surface area (TPSA) is 63.2 Å². The number of rotatable bonds is 5. The van der Waals surface area contributed by atoms with Crippen molar-refractivity contribution in [2.75, 3.05) is 36.5 Å². The third-order valence-corrected chi connectivity index (χ3v) is 6.50. The van der Waals surface area contributed by atoms with Crippen LogP contribution < -0.4 is 10.2 Å². The fraction of sp³-hybridized carbons (Fsp3) is 0.435. The first-order chi connectivity index (χ1) is 15.4. The van der Waals surface area contributed by atoms with Crippen molar-refractivity contribution in [1.29, 1.82) is 0 Å². The van der Waals surface area contributed by atoms with Gasteiger partial charge in [-0.3, -0.25) is 4.98 Å². The highest BCUT2D eigenvalue weighted by atomic mass is 19.3. The second kappa shape index (κ2) is 7.88. The van der Waals surface area contributed by atoms with Crippen LogP contribution in [0.4, 0.5) is 24.7 Å². The third kappa shape index (κ3) is 3.54. The molecule has 32 heavy (non-hydrogen) atoms. The van der Waals surface area contributed by atoms with Crippen LogP contribution in [0, 0.1) is 18.2 Å². The maximum absolute atomic E-state index is 14.6. The minimum absolute atomic E-state index is 0.147. The van der Waals surface area contributed by atoms with Crippen molar-refractivity contribution >= 4 is 22.4 Å². The number of nitrogens with one attached hydrogen (secondary N) is 1. The lowest BCUT2D eigenvalue weighted by Gasteiger charge is -2.37. The molecule has 2 aliphatic heterocycles. The highest BCUT2D eigenvalue weighted by Gasteiger charge is 2.44. The van der Waals surface area contributed by atoms with Crippen LogP contribution in [0.1, 0.15) is 42.6 Å². The minimum atomic E-state index is -2.88. The van der Waals surface area contributed by atoms with Crippen LogP contribution in [-0.4, -0.2) is 41.5 Å². The van der Waals surface area contributed by atoms with Gasteiger partial charge in [-0.1, -0.05) is 18.2 Å². The predicted molar refractivity (Wildman–Crippen MR) is 116 cm³/mol. The Morgan fingerprint density at radius 3 is 2.66 bits per heavy atom. The van der Waals surface area contributed by atoms with Crippen LogP contribution >= 0.6 is 0 Å². The molecule has 0 radical (unpaired) electrons. The molecule has 5 rings (SSSR count). The van der Waals surface area contributed by atoms with Crippen LogP contribution in [-0.2, 0) is 4.74 Å². The molecular formula is C23H24F3N5O. The number of aryl methyl sites for hydroxylation is 1. The van der Waals surface area contributed by atoms with Gasteiger partial charge in [0.1, 0.15) is 5.82 Å². The molecule has 0 aliphatic carbocycles.